The van der Waals surface area contributed by atoms with Crippen molar-refractivity contribution < 1.29 is 50.2 Å². The average Bonchev–Trinajstić information content (AvgIpc) is 3.49. The molecule has 49 heavy (non-hydrogen) atoms. The lowest BCUT2D eigenvalue weighted by Gasteiger charge is -2.35. The molecule has 1 aliphatic rings. The topological polar surface area (TPSA) is 148 Å². The van der Waals surface area contributed by atoms with Gasteiger partial charge in [-0.25, -0.2) is 13.2 Å². The van der Waals surface area contributed by atoms with Crippen LogP contribution in [0.3, 0.4) is 0 Å². The van der Waals surface area contributed by atoms with Gasteiger partial charge >= 0.3 is 18.2 Å². The highest BCUT2D eigenvalue weighted by atomic mass is 32.2. The number of halogens is 3. The predicted octanol–water partition coefficient (Wildman–Crippen LogP) is 4.68. The highest BCUT2D eigenvalue weighted by molar-refractivity contribution is 7.89. The van der Waals surface area contributed by atoms with Gasteiger partial charge in [0.1, 0.15) is 11.4 Å². The third-order valence-electron chi connectivity index (χ3n) is 8.07. The van der Waals surface area contributed by atoms with Crippen molar-refractivity contribution in [3.8, 4) is 0 Å². The SMILES string of the molecule is CO[C@H]([C@@H](C)C(=O)C[C@@H](Cc1ccccc1)C(=O)NS(=O)(=O)Cc1ccc(CNC(=O)C(F)(F)F)cc1)[C@@H]1CCCN1C(=O)OC(C)(C)C. The number of ketones is 1. The van der Waals surface area contributed by atoms with E-state index in [1.54, 1.807) is 68.2 Å². The van der Waals surface area contributed by atoms with Crippen molar-refractivity contribution in [1.29, 1.82) is 0 Å². The lowest BCUT2D eigenvalue weighted by Crippen LogP contribution is -2.49. The molecule has 0 aliphatic carbocycles. The van der Waals surface area contributed by atoms with Crippen LogP contribution in [0.5, 0.6) is 0 Å². The number of nitrogens with one attached hydrogen (secondary N) is 2. The lowest BCUT2D eigenvalue weighted by molar-refractivity contribution is -0.173. The Morgan fingerprint density at radius 1 is 0.959 bits per heavy atom. The maximum absolute atomic E-state index is 13.7. The van der Waals surface area contributed by atoms with E-state index >= 15 is 0 Å². The Morgan fingerprint density at radius 2 is 1.57 bits per heavy atom. The molecule has 0 unspecified atom stereocenters. The molecular formula is C34H44F3N3O8S. The maximum atomic E-state index is 13.7. The van der Waals surface area contributed by atoms with Gasteiger partial charge in [-0.15, -0.1) is 0 Å². The quantitative estimate of drug-likeness (QED) is 0.287. The van der Waals surface area contributed by atoms with Crippen LogP contribution in [0.15, 0.2) is 54.6 Å². The summed E-state index contributed by atoms with van der Waals surface area (Å²) in [5.41, 5.74) is 0.544. The summed E-state index contributed by atoms with van der Waals surface area (Å²) < 4.78 is 76.8. The first-order valence-corrected chi connectivity index (χ1v) is 17.5. The van der Waals surface area contributed by atoms with Crippen LogP contribution >= 0.6 is 0 Å². The Balaban J connectivity index is 1.72. The van der Waals surface area contributed by atoms with Gasteiger partial charge in [0.05, 0.1) is 17.9 Å². The second kappa shape index (κ2) is 16.6. The van der Waals surface area contributed by atoms with Crippen LogP contribution in [0.1, 0.15) is 63.6 Å². The Hall–Kier alpha value is -3.98. The Bertz CT molecular complexity index is 1560. The Morgan fingerprint density at radius 3 is 2.14 bits per heavy atom. The average molecular weight is 712 g/mol. The standard InChI is InChI=1S/C34H44F3N3O8S/c1-22(29(47-5)27-12-9-17-40(27)32(44)48-33(2,3)4)28(41)19-26(18-23-10-7-6-8-11-23)30(42)39-49(45,46)21-25-15-13-24(14-16-25)20-38-31(43)34(35,36)37/h6-8,10-11,13-16,22,26-27,29H,9,12,17-21H2,1-5H3,(H,38,43)(H,39,42)/t22-,26+,27-,29+/m0/s1. The highest BCUT2D eigenvalue weighted by Gasteiger charge is 2.42. The first-order chi connectivity index (χ1) is 22.8. The van der Waals surface area contributed by atoms with Crippen molar-refractivity contribution >= 4 is 33.7 Å². The van der Waals surface area contributed by atoms with Gasteiger partial charge in [0.25, 0.3) is 0 Å². The molecule has 1 saturated heterocycles. The smallest absolute Gasteiger partial charge is 0.444 e. The summed E-state index contributed by atoms with van der Waals surface area (Å²) in [6.07, 6.45) is -5.18. The fourth-order valence-electron chi connectivity index (χ4n) is 5.67. The van der Waals surface area contributed by atoms with Gasteiger partial charge in [-0.2, -0.15) is 13.2 Å². The zero-order valence-corrected chi connectivity index (χ0v) is 29.0. The number of nitrogens with zero attached hydrogens (tertiary/aromatic N) is 1. The van der Waals surface area contributed by atoms with Crippen LogP contribution in [0.25, 0.3) is 0 Å². The van der Waals surface area contributed by atoms with Gasteiger partial charge < -0.3 is 19.7 Å². The van der Waals surface area contributed by atoms with E-state index in [4.69, 9.17) is 9.47 Å². The van der Waals surface area contributed by atoms with Crippen LogP contribution in [-0.2, 0) is 52.6 Å². The normalized spacial score (nSPS) is 17.1. The predicted molar refractivity (Wildman–Crippen MR) is 174 cm³/mol. The second-order valence-corrected chi connectivity index (χ2v) is 14.9. The minimum absolute atomic E-state index is 0.0735. The van der Waals surface area contributed by atoms with Crippen LogP contribution in [0.4, 0.5) is 18.0 Å². The number of hydrogen-bond donors (Lipinski definition) is 2. The van der Waals surface area contributed by atoms with E-state index in [1.807, 2.05) is 0 Å². The summed E-state index contributed by atoms with van der Waals surface area (Å²) in [5, 5.41) is 1.73. The molecule has 3 rings (SSSR count). The van der Waals surface area contributed by atoms with Crippen LogP contribution in [-0.4, -0.2) is 74.6 Å². The van der Waals surface area contributed by atoms with Crippen LogP contribution in [0.2, 0.25) is 0 Å². The highest BCUT2D eigenvalue weighted by Crippen LogP contribution is 2.30. The number of benzene rings is 2. The van der Waals surface area contributed by atoms with E-state index in [2.05, 4.69) is 4.72 Å². The summed E-state index contributed by atoms with van der Waals surface area (Å²) in [6, 6.07) is 13.8. The number of methoxy groups -OCH3 is 1. The molecule has 2 aromatic rings. The zero-order valence-electron chi connectivity index (χ0n) is 28.2. The van der Waals surface area contributed by atoms with Crippen molar-refractivity contribution in [3.63, 3.8) is 0 Å². The summed E-state index contributed by atoms with van der Waals surface area (Å²) >= 11 is 0. The first kappa shape index (κ1) is 39.5. The lowest BCUT2D eigenvalue weighted by atomic mass is 9.85. The molecule has 3 amide bonds. The number of carbonyl (C=O) groups excluding carboxylic acids is 4. The fraction of sp³-hybridized carbons (Fsp3) is 0.529. The number of sulfonamides is 1. The minimum Gasteiger partial charge on any atom is -0.444 e. The van der Waals surface area contributed by atoms with Gasteiger partial charge in [0.15, 0.2) is 0 Å². The van der Waals surface area contributed by atoms with Crippen molar-refractivity contribution in [2.45, 2.75) is 89.6 Å². The molecule has 1 aliphatic heterocycles. The number of hydrogen-bond acceptors (Lipinski definition) is 8. The number of rotatable bonds is 14. The molecular weight excluding hydrogens is 667 g/mol. The number of carbonyl (C=O) groups is 4. The third kappa shape index (κ3) is 12.1. The monoisotopic (exact) mass is 711 g/mol. The number of amides is 3. The van der Waals surface area contributed by atoms with Gasteiger partial charge in [0.2, 0.25) is 15.9 Å². The van der Waals surface area contributed by atoms with E-state index in [0.29, 0.717) is 30.5 Å². The van der Waals surface area contributed by atoms with E-state index < -0.39 is 76.0 Å². The second-order valence-electron chi connectivity index (χ2n) is 13.2. The number of likely N-dealkylation sites (tertiary alicyclic amines) is 1. The minimum atomic E-state index is -5.03. The van der Waals surface area contributed by atoms with E-state index in [1.165, 1.54) is 31.4 Å². The third-order valence-corrected chi connectivity index (χ3v) is 9.29. The number of ether oxygens (including phenoxy) is 2. The molecule has 270 valence electrons. The molecule has 0 aromatic heterocycles. The van der Waals surface area contributed by atoms with Crippen molar-refractivity contribution in [2.24, 2.45) is 11.8 Å². The molecule has 1 fully saturated rings. The fourth-order valence-corrected chi connectivity index (χ4v) is 6.85. The molecule has 4 atom stereocenters. The maximum Gasteiger partial charge on any atom is 0.471 e. The molecule has 15 heteroatoms. The molecule has 11 nitrogen and oxygen atoms in total. The van der Waals surface area contributed by atoms with Crippen LogP contribution < -0.4 is 10.0 Å². The molecule has 2 N–H and O–H groups in total. The molecule has 0 spiro atoms. The van der Waals surface area contributed by atoms with Gasteiger partial charge in [-0.3, -0.25) is 19.1 Å². The molecule has 0 saturated carbocycles. The summed E-state index contributed by atoms with van der Waals surface area (Å²) in [6.45, 7) is 6.97. The van der Waals surface area contributed by atoms with Gasteiger partial charge in [0, 0.05) is 38.5 Å². The Kier molecular flexibility index (Phi) is 13.4. The summed E-state index contributed by atoms with van der Waals surface area (Å²) in [5.74, 6) is -5.75. The van der Waals surface area contributed by atoms with Gasteiger partial charge in [-0.1, -0.05) is 61.5 Å². The number of Topliss-reactive ketones (excluding diaryl/α,β-unsaturated/α-hetero) is 1. The van der Waals surface area contributed by atoms with E-state index in [9.17, 15) is 40.8 Å². The zero-order chi connectivity index (χ0) is 36.6. The summed E-state index contributed by atoms with van der Waals surface area (Å²) in [4.78, 5) is 52.7. The van der Waals surface area contributed by atoms with Crippen molar-refractivity contribution in [3.05, 3.63) is 71.3 Å². The van der Waals surface area contributed by atoms with Crippen molar-refractivity contribution in [1.82, 2.24) is 14.9 Å². The Labute approximate surface area is 285 Å². The van der Waals surface area contributed by atoms with Gasteiger partial charge in [-0.05, 0) is 56.7 Å². The van der Waals surface area contributed by atoms with Crippen molar-refractivity contribution in [2.75, 3.05) is 13.7 Å². The van der Waals surface area contributed by atoms with E-state index in [0.717, 1.165) is 0 Å². The summed E-state index contributed by atoms with van der Waals surface area (Å²) in [7, 11) is -2.81. The first-order valence-electron chi connectivity index (χ1n) is 15.9. The molecule has 0 radical (unpaired) electrons. The molecule has 2 aromatic carbocycles. The van der Waals surface area contributed by atoms with Crippen LogP contribution in [0, 0.1) is 11.8 Å². The van der Waals surface area contributed by atoms with E-state index in [-0.39, 0.29) is 24.2 Å². The number of alkyl halides is 3. The largest absolute Gasteiger partial charge is 0.471 e. The molecule has 1 heterocycles. The molecule has 0 bridgehead atoms.